The third-order valence-electron chi connectivity index (χ3n) is 25.4. The van der Waals surface area contributed by atoms with Crippen LogP contribution < -0.4 is 9.80 Å². The fraction of sp³-hybridized carbons (Fsp3) is 0.152. The van der Waals surface area contributed by atoms with E-state index >= 15 is 0 Å². The summed E-state index contributed by atoms with van der Waals surface area (Å²) in [5, 5.41) is 22.6. The topological polar surface area (TPSA) is 37.2 Å². The van der Waals surface area contributed by atoms with Crippen LogP contribution in [0.25, 0.3) is 166 Å². The van der Waals surface area contributed by atoms with Gasteiger partial charge in [-0.1, -0.05) is 204 Å². The summed E-state index contributed by atoms with van der Waals surface area (Å²) in [6.45, 7) is 4.88. The number of aromatic nitrogens is 1. The Morgan fingerprint density at radius 3 is 1.37 bits per heavy atom. The average molecular weight is 1400 g/mol. The lowest BCUT2D eigenvalue weighted by atomic mass is 9.81. The van der Waals surface area contributed by atoms with Crippen molar-refractivity contribution in [1.82, 2.24) is 4.40 Å². The van der Waals surface area contributed by atoms with E-state index in [1.165, 1.54) is 219 Å². The molecule has 506 valence electrons. The highest BCUT2D eigenvalue weighted by atomic mass is 32.1. The minimum Gasteiger partial charge on any atom is -0.456 e. The number of anilines is 6. The van der Waals surface area contributed by atoms with E-state index in [0.29, 0.717) is 11.8 Å². The van der Waals surface area contributed by atoms with Crippen LogP contribution in [-0.2, 0) is 5.41 Å². The molecular weight excluding hydrogens is 1330 g/mol. The van der Waals surface area contributed by atoms with Crippen LogP contribution in [0.4, 0.5) is 34.1 Å². The predicted octanol–water partition coefficient (Wildman–Crippen LogP) is 30.2. The molecule has 106 heavy (non-hydrogen) atoms. The molecule has 3 aliphatic carbocycles. The summed E-state index contributed by atoms with van der Waals surface area (Å²) in [5.41, 5.74) is 22.1. The number of benzene rings is 15. The second kappa shape index (κ2) is 22.3. The molecule has 0 atom stereocenters. The molecule has 0 bridgehead atoms. The van der Waals surface area contributed by atoms with Gasteiger partial charge in [-0.2, -0.15) is 0 Å². The highest BCUT2D eigenvalue weighted by Crippen LogP contribution is 2.55. The van der Waals surface area contributed by atoms with Gasteiger partial charge in [-0.15, -0.1) is 22.7 Å². The van der Waals surface area contributed by atoms with Crippen molar-refractivity contribution in [3.05, 3.63) is 283 Å². The molecular formula is C99H71N3O2S2. The van der Waals surface area contributed by atoms with Crippen LogP contribution in [0, 0.1) is 0 Å². The van der Waals surface area contributed by atoms with Gasteiger partial charge in [-0.25, -0.2) is 0 Å². The zero-order valence-corrected chi connectivity index (χ0v) is 60.7. The van der Waals surface area contributed by atoms with E-state index in [2.05, 4.69) is 289 Å². The summed E-state index contributed by atoms with van der Waals surface area (Å²) in [6.07, 6.45) is 12.7. The zero-order chi connectivity index (χ0) is 69.4. The number of rotatable bonds is 8. The van der Waals surface area contributed by atoms with Crippen molar-refractivity contribution < 1.29 is 8.83 Å². The summed E-state index contributed by atoms with van der Waals surface area (Å²) in [5.74, 6) is 1.06. The Kier molecular flexibility index (Phi) is 12.6. The Hall–Kier alpha value is -11.5. The van der Waals surface area contributed by atoms with Crippen LogP contribution in [0.2, 0.25) is 0 Å². The standard InChI is InChI=1S/C99H71N3O2S2/c1-99(2)86-48-60-47-83-77-27-15-26-76-73-41-33-65(101(67-35-43-75-81-39-31-59-21-10-12-23-71(59)98(81)106-93(75)55-67)63-37-45-91-85(51-63)79-29-14-25-69(96(79)104-91)57-18-7-4-8-19-57)53-89(73)102(94(76)77)88(83)49-61(60)46-82(86)72-40-32-64(52-87(72)99)100(66-34-42-74-80-38-30-58-20-9-11-22-70(58)97(80)105-92(74)54-66)62-36-44-90-84(50-62)78-28-13-24-68(95(78)103-90)56-16-5-3-6-17-56/h9-15,20-57H,3-8,16-19H2,1-2H3. The van der Waals surface area contributed by atoms with E-state index < -0.39 is 0 Å². The van der Waals surface area contributed by atoms with Gasteiger partial charge in [0.2, 0.25) is 0 Å². The summed E-state index contributed by atoms with van der Waals surface area (Å²) >= 11 is 3.81. The number of hydrogen-bond donors (Lipinski definition) is 0. The quantitative estimate of drug-likeness (QED) is 0.152. The second-order valence-electron chi connectivity index (χ2n) is 31.5. The lowest BCUT2D eigenvalue weighted by Crippen LogP contribution is -2.16. The molecule has 7 heteroatoms. The summed E-state index contributed by atoms with van der Waals surface area (Å²) in [4.78, 5) is 5.01. The summed E-state index contributed by atoms with van der Waals surface area (Å²) in [6, 6.07) is 100. The molecule has 15 aromatic carbocycles. The maximum absolute atomic E-state index is 6.93. The molecule has 6 heterocycles. The Balaban J connectivity index is 0.660. The van der Waals surface area contributed by atoms with E-state index in [-0.39, 0.29) is 5.41 Å². The van der Waals surface area contributed by atoms with Gasteiger partial charge in [-0.3, -0.25) is 0 Å². The molecule has 6 aromatic heterocycles. The van der Waals surface area contributed by atoms with Crippen LogP contribution in [0.5, 0.6) is 0 Å². The van der Waals surface area contributed by atoms with Crippen molar-refractivity contribution >= 4 is 211 Å². The van der Waals surface area contributed by atoms with Crippen LogP contribution in [0.15, 0.2) is 270 Å². The van der Waals surface area contributed by atoms with Gasteiger partial charge >= 0.3 is 0 Å². The molecule has 0 saturated heterocycles. The molecule has 0 N–H and O–H groups in total. The first-order valence-electron chi connectivity index (χ1n) is 38.3. The van der Waals surface area contributed by atoms with Crippen LogP contribution in [0.1, 0.15) is 112 Å². The van der Waals surface area contributed by atoms with Gasteiger partial charge < -0.3 is 23.0 Å². The monoisotopic (exact) mass is 1400 g/mol. The van der Waals surface area contributed by atoms with E-state index in [1.807, 2.05) is 22.7 Å². The maximum Gasteiger partial charge on any atom is 0.138 e. The van der Waals surface area contributed by atoms with Gasteiger partial charge in [0.15, 0.2) is 0 Å². The van der Waals surface area contributed by atoms with Crippen LogP contribution in [-0.4, -0.2) is 4.40 Å². The fourth-order valence-corrected chi connectivity index (χ4v) is 22.8. The number of para-hydroxylation sites is 3. The lowest BCUT2D eigenvalue weighted by Gasteiger charge is -2.28. The lowest BCUT2D eigenvalue weighted by molar-refractivity contribution is 0.442. The molecule has 3 aliphatic rings. The smallest absolute Gasteiger partial charge is 0.138 e. The van der Waals surface area contributed by atoms with Gasteiger partial charge in [0.05, 0.1) is 16.6 Å². The molecule has 2 saturated carbocycles. The third kappa shape index (κ3) is 8.58. The predicted molar refractivity (Wildman–Crippen MR) is 453 cm³/mol. The van der Waals surface area contributed by atoms with E-state index in [9.17, 15) is 0 Å². The first kappa shape index (κ1) is 59.9. The van der Waals surface area contributed by atoms with Gasteiger partial charge in [0.25, 0.3) is 0 Å². The number of fused-ring (bicyclic) bond motifs is 26. The molecule has 0 aliphatic heterocycles. The van der Waals surface area contributed by atoms with Crippen LogP contribution >= 0.6 is 22.7 Å². The number of nitrogens with zero attached hydrogens (tertiary/aromatic N) is 3. The van der Waals surface area contributed by atoms with Crippen molar-refractivity contribution in [3.63, 3.8) is 0 Å². The van der Waals surface area contributed by atoms with Crippen molar-refractivity contribution in [3.8, 4) is 11.1 Å². The van der Waals surface area contributed by atoms with Crippen molar-refractivity contribution in [2.24, 2.45) is 0 Å². The largest absolute Gasteiger partial charge is 0.456 e. The SMILES string of the molecule is CC1(C)c2cc(N(c3ccc4c(c3)sc3c5ccccc5ccc43)c3ccc4oc5c(C6CCCCC6)cccc5c4c3)ccc2-c2cc3cc4c(cc3cc21)c1cccc2c3ccc(N(c5ccc6c(c5)sc5c7ccccc7ccc65)c5ccc6oc7c(C8CCCCC8)cccc7c6c5)cc3n4c21. The van der Waals surface area contributed by atoms with Gasteiger partial charge in [0, 0.05) is 123 Å². The highest BCUT2D eigenvalue weighted by molar-refractivity contribution is 7.27. The zero-order valence-electron chi connectivity index (χ0n) is 59.0. The van der Waals surface area contributed by atoms with Gasteiger partial charge in [-0.05, 0) is 212 Å². The number of furan rings is 2. The Bertz CT molecular complexity index is 7370. The summed E-state index contributed by atoms with van der Waals surface area (Å²) in [7, 11) is 0. The average Bonchev–Trinajstić information content (AvgIpc) is 1.53. The molecule has 0 amide bonds. The molecule has 21 aromatic rings. The normalized spacial score (nSPS) is 15.3. The fourth-order valence-electron chi connectivity index (χ4n) is 20.2. The van der Waals surface area contributed by atoms with E-state index in [4.69, 9.17) is 8.83 Å². The highest BCUT2D eigenvalue weighted by Gasteiger charge is 2.37. The van der Waals surface area contributed by atoms with Crippen molar-refractivity contribution in [2.75, 3.05) is 9.80 Å². The summed E-state index contributed by atoms with van der Waals surface area (Å²) < 4.78 is 21.7. The Morgan fingerprint density at radius 1 is 0.321 bits per heavy atom. The molecule has 5 nitrogen and oxygen atoms in total. The Morgan fingerprint density at radius 2 is 0.774 bits per heavy atom. The first-order chi connectivity index (χ1) is 52.3. The van der Waals surface area contributed by atoms with Crippen molar-refractivity contribution in [1.29, 1.82) is 0 Å². The first-order valence-corrected chi connectivity index (χ1v) is 39.9. The number of thiophene rings is 2. The van der Waals surface area contributed by atoms with Gasteiger partial charge in [0.1, 0.15) is 22.3 Å². The number of hydrogen-bond acceptors (Lipinski definition) is 6. The minimum atomic E-state index is -0.303. The van der Waals surface area contributed by atoms with Crippen LogP contribution in [0.3, 0.4) is 0 Å². The third-order valence-corrected chi connectivity index (χ3v) is 27.8. The minimum absolute atomic E-state index is 0.303. The van der Waals surface area contributed by atoms with Crippen molar-refractivity contribution in [2.45, 2.75) is 95.3 Å². The molecule has 24 rings (SSSR count). The van der Waals surface area contributed by atoms with E-state index in [1.54, 1.807) is 0 Å². The molecule has 2 fully saturated rings. The van der Waals surface area contributed by atoms with E-state index in [0.717, 1.165) is 67.2 Å². The molecule has 0 unspecified atom stereocenters. The maximum atomic E-state index is 6.93. The molecule has 0 spiro atoms. The Labute approximate surface area is 619 Å². The molecule has 0 radical (unpaired) electrons. The second-order valence-corrected chi connectivity index (χ2v) is 33.6.